The van der Waals surface area contributed by atoms with Crippen LogP contribution in [0.2, 0.25) is 0 Å². The Morgan fingerprint density at radius 1 is 1.13 bits per heavy atom. The molecule has 1 N–H and O–H groups in total. The number of carbonyl (C=O) groups is 1. The van der Waals surface area contributed by atoms with E-state index in [1.54, 1.807) is 0 Å². The first kappa shape index (κ1) is 17.8. The first-order valence-corrected chi connectivity index (χ1v) is 8.32. The molecule has 2 rings (SSSR count). The smallest absolute Gasteiger partial charge is 0.355 e. The van der Waals surface area contributed by atoms with Gasteiger partial charge < -0.3 is 5.32 Å². The van der Waals surface area contributed by atoms with E-state index in [1.807, 2.05) is 0 Å². The van der Waals surface area contributed by atoms with Crippen molar-refractivity contribution in [2.24, 2.45) is 5.41 Å². The number of carbonyl (C=O) groups excluding carboxylic acids is 1. The van der Waals surface area contributed by atoms with Crippen LogP contribution in [-0.2, 0) is 17.4 Å². The minimum atomic E-state index is -4.30. The fourth-order valence-corrected chi connectivity index (χ4v) is 3.34. The van der Waals surface area contributed by atoms with Crippen molar-refractivity contribution in [1.82, 2.24) is 5.32 Å². The number of alkyl halides is 3. The van der Waals surface area contributed by atoms with Crippen molar-refractivity contribution in [2.75, 3.05) is 6.54 Å². The highest BCUT2D eigenvalue weighted by Crippen LogP contribution is 2.39. The summed E-state index contributed by atoms with van der Waals surface area (Å²) in [5.74, 6) is 0.103. The molecule has 0 bridgehead atoms. The number of nitrogens with one attached hydrogen (secondary N) is 1. The van der Waals surface area contributed by atoms with Gasteiger partial charge in [0.1, 0.15) is 0 Å². The van der Waals surface area contributed by atoms with Crippen molar-refractivity contribution in [1.29, 1.82) is 0 Å². The van der Waals surface area contributed by atoms with Gasteiger partial charge in [-0.15, -0.1) is 0 Å². The summed E-state index contributed by atoms with van der Waals surface area (Å²) in [6.45, 7) is 2.52. The van der Waals surface area contributed by atoms with Gasteiger partial charge >= 0.3 is 6.18 Å². The van der Waals surface area contributed by atoms with E-state index in [4.69, 9.17) is 0 Å². The molecule has 0 saturated heterocycles. The van der Waals surface area contributed by atoms with Crippen molar-refractivity contribution in [3.63, 3.8) is 0 Å². The zero-order valence-corrected chi connectivity index (χ0v) is 13.5. The Hall–Kier alpha value is -1.52. The van der Waals surface area contributed by atoms with Gasteiger partial charge in [0.05, 0.1) is 5.56 Å². The van der Waals surface area contributed by atoms with E-state index in [0.717, 1.165) is 49.8 Å². The van der Waals surface area contributed by atoms with Crippen LogP contribution in [0.25, 0.3) is 0 Å². The van der Waals surface area contributed by atoms with Crippen molar-refractivity contribution < 1.29 is 18.0 Å². The van der Waals surface area contributed by atoms with Gasteiger partial charge in [-0.3, -0.25) is 4.79 Å². The summed E-state index contributed by atoms with van der Waals surface area (Å²) >= 11 is 0. The Morgan fingerprint density at radius 2 is 1.74 bits per heavy atom. The number of rotatable bonds is 5. The monoisotopic (exact) mass is 327 g/mol. The van der Waals surface area contributed by atoms with Crippen LogP contribution in [0.15, 0.2) is 24.3 Å². The lowest BCUT2D eigenvalue weighted by Gasteiger charge is -2.35. The highest BCUT2D eigenvalue weighted by atomic mass is 19.4. The van der Waals surface area contributed by atoms with Crippen LogP contribution in [-0.4, -0.2) is 12.5 Å². The van der Waals surface area contributed by atoms with Gasteiger partial charge in [0, 0.05) is 12.0 Å². The zero-order valence-electron chi connectivity index (χ0n) is 13.5. The molecule has 5 heteroatoms. The molecule has 2 nitrogen and oxygen atoms in total. The average molecular weight is 327 g/mol. The summed E-state index contributed by atoms with van der Waals surface area (Å²) in [5, 5.41) is 2.98. The number of halogens is 3. The second-order valence-corrected chi connectivity index (χ2v) is 6.40. The zero-order chi connectivity index (χ0) is 16.9. The molecule has 1 aromatic carbocycles. The molecule has 1 aliphatic carbocycles. The number of amides is 1. The van der Waals surface area contributed by atoms with Crippen LogP contribution < -0.4 is 5.32 Å². The van der Waals surface area contributed by atoms with Crippen molar-refractivity contribution in [2.45, 2.75) is 58.0 Å². The maximum Gasteiger partial charge on any atom is 0.416 e. The maximum atomic E-state index is 12.5. The maximum absolute atomic E-state index is 12.5. The Labute approximate surface area is 135 Å². The largest absolute Gasteiger partial charge is 0.416 e. The van der Waals surface area contributed by atoms with Gasteiger partial charge in [0.25, 0.3) is 0 Å². The summed E-state index contributed by atoms with van der Waals surface area (Å²) in [6.07, 6.45) is 2.36. The second kappa shape index (κ2) is 7.37. The van der Waals surface area contributed by atoms with Crippen LogP contribution in [0.5, 0.6) is 0 Å². The molecule has 0 unspecified atom stereocenters. The van der Waals surface area contributed by atoms with Gasteiger partial charge in [-0.25, -0.2) is 0 Å². The van der Waals surface area contributed by atoms with Crippen LogP contribution >= 0.6 is 0 Å². The van der Waals surface area contributed by atoms with E-state index in [9.17, 15) is 18.0 Å². The molecule has 0 aliphatic heterocycles. The van der Waals surface area contributed by atoms with Crippen molar-refractivity contribution in [3.8, 4) is 0 Å². The van der Waals surface area contributed by atoms with Gasteiger partial charge in [-0.1, -0.05) is 38.3 Å². The Morgan fingerprint density at radius 3 is 2.26 bits per heavy atom. The van der Waals surface area contributed by atoms with Crippen LogP contribution in [0.4, 0.5) is 13.2 Å². The molecule has 1 aliphatic rings. The summed E-state index contributed by atoms with van der Waals surface area (Å²) in [4.78, 5) is 12.5. The molecule has 1 aromatic rings. The Kier molecular flexibility index (Phi) is 5.71. The fraction of sp³-hybridized carbons (Fsp3) is 0.611. The van der Waals surface area contributed by atoms with E-state index >= 15 is 0 Å². The molecular weight excluding hydrogens is 303 g/mol. The first-order chi connectivity index (χ1) is 10.9. The lowest BCUT2D eigenvalue weighted by Crippen LogP contribution is -2.42. The van der Waals surface area contributed by atoms with E-state index in [0.29, 0.717) is 13.0 Å². The molecule has 0 aromatic heterocycles. The van der Waals surface area contributed by atoms with Crippen LogP contribution in [0.1, 0.15) is 56.6 Å². The quantitative estimate of drug-likeness (QED) is 0.832. The van der Waals surface area contributed by atoms with Crippen LogP contribution in [0.3, 0.4) is 0 Å². The molecular formula is C18H24F3NO. The fourth-order valence-electron chi connectivity index (χ4n) is 3.34. The van der Waals surface area contributed by atoms with Crippen molar-refractivity contribution in [3.05, 3.63) is 35.4 Å². The minimum Gasteiger partial charge on any atom is -0.355 e. The minimum absolute atomic E-state index is 0.103. The van der Waals surface area contributed by atoms with E-state index in [1.165, 1.54) is 18.6 Å². The SMILES string of the molecule is CCC1(C(=O)NCCc2ccc(C(F)(F)F)cc2)CCCCC1. The van der Waals surface area contributed by atoms with Gasteiger partial charge in [0.15, 0.2) is 0 Å². The number of hydrogen-bond acceptors (Lipinski definition) is 1. The average Bonchev–Trinajstić information content (AvgIpc) is 2.55. The summed E-state index contributed by atoms with van der Waals surface area (Å²) in [5.41, 5.74) is -0.0804. The first-order valence-electron chi connectivity index (χ1n) is 8.32. The van der Waals surface area contributed by atoms with E-state index < -0.39 is 11.7 Å². The van der Waals surface area contributed by atoms with Gasteiger partial charge in [-0.05, 0) is 43.4 Å². The summed E-state index contributed by atoms with van der Waals surface area (Å²) in [7, 11) is 0. The molecule has 23 heavy (non-hydrogen) atoms. The highest BCUT2D eigenvalue weighted by molar-refractivity contribution is 5.82. The third-order valence-corrected chi connectivity index (χ3v) is 4.95. The molecule has 1 saturated carbocycles. The molecule has 0 atom stereocenters. The summed E-state index contributed by atoms with van der Waals surface area (Å²) in [6, 6.07) is 5.13. The Balaban J connectivity index is 1.85. The Bertz CT molecular complexity index is 516. The normalized spacial score (nSPS) is 17.7. The number of hydrogen-bond donors (Lipinski definition) is 1. The standard InChI is InChI=1S/C18H24F3NO/c1-2-17(11-4-3-5-12-17)16(23)22-13-10-14-6-8-15(9-7-14)18(19,20)21/h6-9H,2-5,10-13H2,1H3,(H,22,23). The molecule has 0 radical (unpaired) electrons. The molecule has 128 valence electrons. The molecule has 1 amide bonds. The number of benzene rings is 1. The van der Waals surface area contributed by atoms with Crippen molar-refractivity contribution >= 4 is 5.91 Å². The topological polar surface area (TPSA) is 29.1 Å². The highest BCUT2D eigenvalue weighted by Gasteiger charge is 2.37. The molecule has 0 spiro atoms. The second-order valence-electron chi connectivity index (χ2n) is 6.40. The molecule has 1 fully saturated rings. The third kappa shape index (κ3) is 4.49. The van der Waals surface area contributed by atoms with E-state index in [-0.39, 0.29) is 11.3 Å². The lowest BCUT2D eigenvalue weighted by molar-refractivity contribution is -0.137. The van der Waals surface area contributed by atoms with E-state index in [2.05, 4.69) is 12.2 Å². The third-order valence-electron chi connectivity index (χ3n) is 4.95. The van der Waals surface area contributed by atoms with Gasteiger partial charge in [0.2, 0.25) is 5.91 Å². The summed E-state index contributed by atoms with van der Waals surface area (Å²) < 4.78 is 37.5. The lowest BCUT2D eigenvalue weighted by atomic mass is 9.71. The van der Waals surface area contributed by atoms with Crippen LogP contribution in [0, 0.1) is 5.41 Å². The molecule has 0 heterocycles. The predicted octanol–water partition coefficient (Wildman–Crippen LogP) is 4.72. The van der Waals surface area contributed by atoms with Gasteiger partial charge in [-0.2, -0.15) is 13.2 Å². The predicted molar refractivity (Wildman–Crippen MR) is 84.0 cm³/mol.